The van der Waals surface area contributed by atoms with E-state index in [0.29, 0.717) is 0 Å². The first-order chi connectivity index (χ1) is 12.7. The van der Waals surface area contributed by atoms with Gasteiger partial charge < -0.3 is 10.1 Å². The first kappa shape index (κ1) is 18.7. The lowest BCUT2D eigenvalue weighted by molar-refractivity contribution is -0.141. The number of anilines is 2. The summed E-state index contributed by atoms with van der Waals surface area (Å²) in [6, 6.07) is 6.27. The summed E-state index contributed by atoms with van der Waals surface area (Å²) in [4.78, 5) is 25.4. The quantitative estimate of drug-likeness (QED) is 0.628. The van der Waals surface area contributed by atoms with Crippen molar-refractivity contribution < 1.29 is 31.9 Å². The van der Waals surface area contributed by atoms with Gasteiger partial charge in [-0.2, -0.15) is 13.2 Å². The van der Waals surface area contributed by atoms with E-state index in [0.717, 1.165) is 36.3 Å². The summed E-state index contributed by atoms with van der Waals surface area (Å²) in [5.41, 5.74) is -0.877. The maximum Gasteiger partial charge on any atom is 0.416 e. The molecular formula is C18H14F4N2O3. The molecule has 0 spiro atoms. The van der Waals surface area contributed by atoms with E-state index < -0.39 is 35.6 Å². The average molecular weight is 382 g/mol. The number of nitrogens with one attached hydrogen (secondary N) is 1. The van der Waals surface area contributed by atoms with E-state index in [9.17, 15) is 27.2 Å². The molecule has 9 heteroatoms. The highest BCUT2D eigenvalue weighted by Crippen LogP contribution is 2.41. The second-order valence-electron chi connectivity index (χ2n) is 5.85. The van der Waals surface area contributed by atoms with Crippen LogP contribution in [0.25, 0.3) is 0 Å². The number of alkyl halides is 3. The summed E-state index contributed by atoms with van der Waals surface area (Å²) in [7, 11) is 1.15. The van der Waals surface area contributed by atoms with Crippen LogP contribution < -0.4 is 10.2 Å². The molecule has 27 heavy (non-hydrogen) atoms. The van der Waals surface area contributed by atoms with Gasteiger partial charge in [0.15, 0.2) is 0 Å². The highest BCUT2D eigenvalue weighted by atomic mass is 19.4. The number of carbonyl (C=O) groups is 2. The highest BCUT2D eigenvalue weighted by Gasteiger charge is 2.38. The first-order valence-electron chi connectivity index (χ1n) is 7.85. The van der Waals surface area contributed by atoms with E-state index in [1.165, 1.54) is 18.2 Å². The number of hydrogen-bond acceptors (Lipinski definition) is 3. The lowest BCUT2D eigenvalue weighted by atomic mass is 9.96. The van der Waals surface area contributed by atoms with Crippen molar-refractivity contribution in [1.82, 2.24) is 0 Å². The number of nitrogens with zero attached hydrogens (tertiary/aromatic N) is 1. The Morgan fingerprint density at radius 2 is 1.93 bits per heavy atom. The number of esters is 1. The van der Waals surface area contributed by atoms with Gasteiger partial charge in [-0.3, -0.25) is 9.69 Å². The number of benzene rings is 2. The van der Waals surface area contributed by atoms with Gasteiger partial charge in [0.1, 0.15) is 5.82 Å². The number of methoxy groups -OCH3 is 1. The van der Waals surface area contributed by atoms with Crippen LogP contribution in [0.1, 0.15) is 23.6 Å². The zero-order chi connectivity index (χ0) is 19.8. The maximum atomic E-state index is 14.1. The fraction of sp³-hybridized carbons (Fsp3) is 0.222. The molecule has 0 radical (unpaired) electrons. The van der Waals surface area contributed by atoms with Crippen LogP contribution in [-0.4, -0.2) is 19.1 Å². The molecule has 0 fully saturated rings. The lowest BCUT2D eigenvalue weighted by Crippen LogP contribution is -2.43. The third-order valence-corrected chi connectivity index (χ3v) is 4.21. The van der Waals surface area contributed by atoms with E-state index in [1.807, 2.05) is 0 Å². The van der Waals surface area contributed by atoms with Crippen molar-refractivity contribution in [2.45, 2.75) is 18.6 Å². The number of urea groups is 1. The van der Waals surface area contributed by atoms with Crippen LogP contribution in [0.5, 0.6) is 0 Å². The number of ether oxygens (including phenoxy) is 1. The molecule has 2 amide bonds. The Morgan fingerprint density at radius 3 is 2.59 bits per heavy atom. The van der Waals surface area contributed by atoms with Gasteiger partial charge in [-0.05, 0) is 24.3 Å². The van der Waals surface area contributed by atoms with Crippen LogP contribution in [0.2, 0.25) is 0 Å². The van der Waals surface area contributed by atoms with Crippen LogP contribution in [-0.2, 0) is 15.7 Å². The molecule has 1 aliphatic rings. The summed E-state index contributed by atoms with van der Waals surface area (Å²) < 4.78 is 57.8. The molecule has 0 aromatic heterocycles. The Morgan fingerprint density at radius 1 is 1.22 bits per heavy atom. The van der Waals surface area contributed by atoms with Gasteiger partial charge in [0.25, 0.3) is 0 Å². The van der Waals surface area contributed by atoms with Gasteiger partial charge in [-0.15, -0.1) is 0 Å². The molecule has 1 heterocycles. The standard InChI is InChI=1S/C18H14F4N2O3/c1-27-15(25)9-14-12-6-3-7-13(19)16(12)23-17(26)24(14)11-5-2-4-10(8-11)18(20,21)22/h2-8,14H,9H2,1H3,(H,23,26). The van der Waals surface area contributed by atoms with Crippen LogP contribution >= 0.6 is 0 Å². The number of para-hydroxylation sites is 1. The highest BCUT2D eigenvalue weighted by molar-refractivity contribution is 6.05. The maximum absolute atomic E-state index is 14.1. The number of fused-ring (bicyclic) bond motifs is 1. The van der Waals surface area contributed by atoms with Crippen LogP contribution in [0.15, 0.2) is 42.5 Å². The summed E-state index contributed by atoms with van der Waals surface area (Å²) >= 11 is 0. The van der Waals surface area contributed by atoms with Crippen molar-refractivity contribution in [2.75, 3.05) is 17.3 Å². The number of halogens is 4. The zero-order valence-electron chi connectivity index (χ0n) is 14.0. The van der Waals surface area contributed by atoms with Gasteiger partial charge in [-0.1, -0.05) is 18.2 Å². The lowest BCUT2D eigenvalue weighted by Gasteiger charge is -2.37. The molecule has 0 saturated carbocycles. The van der Waals surface area contributed by atoms with Gasteiger partial charge in [0.2, 0.25) is 0 Å². The van der Waals surface area contributed by atoms with Gasteiger partial charge >= 0.3 is 18.2 Å². The SMILES string of the molecule is COC(=O)CC1c2cccc(F)c2NC(=O)N1c1cccc(C(F)(F)F)c1. The van der Waals surface area contributed by atoms with Gasteiger partial charge in [0.05, 0.1) is 30.8 Å². The van der Waals surface area contributed by atoms with Crippen LogP contribution in [0.3, 0.4) is 0 Å². The molecule has 2 aromatic carbocycles. The molecule has 0 saturated heterocycles. The fourth-order valence-electron chi connectivity index (χ4n) is 2.97. The van der Waals surface area contributed by atoms with E-state index in [-0.39, 0.29) is 23.4 Å². The predicted molar refractivity (Wildman–Crippen MR) is 88.7 cm³/mol. The topological polar surface area (TPSA) is 58.6 Å². The Balaban J connectivity index is 2.12. The molecule has 3 rings (SSSR count). The minimum absolute atomic E-state index is 0.0776. The number of hydrogen-bond donors (Lipinski definition) is 1. The smallest absolute Gasteiger partial charge is 0.416 e. The van der Waals surface area contributed by atoms with E-state index in [1.54, 1.807) is 0 Å². The van der Waals surface area contributed by atoms with Crippen molar-refractivity contribution in [3.8, 4) is 0 Å². The van der Waals surface area contributed by atoms with Crippen molar-refractivity contribution in [3.05, 3.63) is 59.4 Å². The molecule has 1 N–H and O–H groups in total. The largest absolute Gasteiger partial charge is 0.469 e. The van der Waals surface area contributed by atoms with Gasteiger partial charge in [0, 0.05) is 11.3 Å². The Hall–Kier alpha value is -3.10. The van der Waals surface area contributed by atoms with Gasteiger partial charge in [-0.25, -0.2) is 9.18 Å². The number of carbonyl (C=O) groups excluding carboxylic acids is 2. The van der Waals surface area contributed by atoms with E-state index in [4.69, 9.17) is 0 Å². The average Bonchev–Trinajstić information content (AvgIpc) is 2.62. The summed E-state index contributed by atoms with van der Waals surface area (Å²) in [6.45, 7) is 0. The van der Waals surface area contributed by atoms with E-state index in [2.05, 4.69) is 10.1 Å². The van der Waals surface area contributed by atoms with Crippen LogP contribution in [0.4, 0.5) is 33.7 Å². The second kappa shape index (κ2) is 6.90. The summed E-state index contributed by atoms with van der Waals surface area (Å²) in [5, 5.41) is 2.33. The number of amides is 2. The molecule has 1 atom stereocenters. The molecule has 1 unspecified atom stereocenters. The molecule has 1 aliphatic heterocycles. The Kier molecular flexibility index (Phi) is 4.77. The normalized spacial score (nSPS) is 16.6. The minimum Gasteiger partial charge on any atom is -0.469 e. The van der Waals surface area contributed by atoms with Crippen molar-refractivity contribution >= 4 is 23.4 Å². The van der Waals surface area contributed by atoms with Crippen molar-refractivity contribution in [3.63, 3.8) is 0 Å². The molecule has 0 aliphatic carbocycles. The predicted octanol–water partition coefficient (Wildman–Crippen LogP) is 4.50. The van der Waals surface area contributed by atoms with Crippen molar-refractivity contribution in [2.24, 2.45) is 0 Å². The third kappa shape index (κ3) is 3.57. The fourth-order valence-corrected chi connectivity index (χ4v) is 2.97. The third-order valence-electron chi connectivity index (χ3n) is 4.21. The molecule has 0 bridgehead atoms. The monoisotopic (exact) mass is 382 g/mol. The second-order valence-corrected chi connectivity index (χ2v) is 5.85. The van der Waals surface area contributed by atoms with E-state index >= 15 is 0 Å². The minimum atomic E-state index is -4.61. The zero-order valence-corrected chi connectivity index (χ0v) is 14.0. The number of rotatable bonds is 3. The Bertz CT molecular complexity index is 898. The molecule has 5 nitrogen and oxygen atoms in total. The molecular weight excluding hydrogens is 368 g/mol. The molecule has 142 valence electrons. The molecule has 2 aromatic rings. The van der Waals surface area contributed by atoms with Crippen LogP contribution in [0, 0.1) is 5.82 Å². The first-order valence-corrected chi connectivity index (χ1v) is 7.85. The summed E-state index contributed by atoms with van der Waals surface area (Å²) in [5.74, 6) is -1.40. The van der Waals surface area contributed by atoms with Crippen molar-refractivity contribution in [1.29, 1.82) is 0 Å². The summed E-state index contributed by atoms with van der Waals surface area (Å²) in [6.07, 6.45) is -4.96. The Labute approximate surface area is 151 Å².